The summed E-state index contributed by atoms with van der Waals surface area (Å²) in [6.07, 6.45) is 1.44. The Labute approximate surface area is 64.1 Å². The fraction of sp³-hybridized carbons (Fsp3) is 0.429. The van der Waals surface area contributed by atoms with Gasteiger partial charge < -0.3 is 15.2 Å². The summed E-state index contributed by atoms with van der Waals surface area (Å²) in [5.74, 6) is -1.79. The van der Waals surface area contributed by atoms with E-state index >= 15 is 0 Å². The van der Waals surface area contributed by atoms with Gasteiger partial charge in [0, 0.05) is 30.5 Å². The highest BCUT2D eigenvalue weighted by Gasteiger charge is 2.12. The molecule has 1 N–H and O–H groups in total. The molecule has 0 fully saturated rings. The Bertz CT molecular complexity index is 239. The molecule has 0 bridgehead atoms. The summed E-state index contributed by atoms with van der Waals surface area (Å²) in [6.45, 7) is 0.813. The molecule has 0 aliphatic carbocycles. The van der Waals surface area contributed by atoms with Crippen molar-refractivity contribution in [3.63, 3.8) is 0 Å². The van der Waals surface area contributed by atoms with Gasteiger partial charge in [0.1, 0.15) is 0 Å². The van der Waals surface area contributed by atoms with Crippen molar-refractivity contribution in [1.29, 1.82) is 5.26 Å². The van der Waals surface area contributed by atoms with Crippen molar-refractivity contribution in [3.05, 3.63) is 11.6 Å². The molecule has 0 radical (unpaired) electrons. The maximum absolute atomic E-state index is 10.3. The molecule has 0 spiro atoms. The number of carboxylic acids is 1. The van der Waals surface area contributed by atoms with E-state index in [-0.39, 0.29) is 0 Å². The third-order valence-corrected chi connectivity index (χ3v) is 1.53. The first kappa shape index (κ1) is 7.76. The summed E-state index contributed by atoms with van der Waals surface area (Å²) in [5.41, 5.74) is 0.463. The molecule has 0 saturated heterocycles. The predicted octanol–water partition coefficient (Wildman–Crippen LogP) is -1.59. The maximum atomic E-state index is 10.3. The van der Waals surface area contributed by atoms with Gasteiger partial charge in [0.25, 0.3) is 0 Å². The van der Waals surface area contributed by atoms with E-state index in [1.54, 1.807) is 0 Å². The Morgan fingerprint density at radius 2 is 2.64 bits per heavy atom. The monoisotopic (exact) mass is 151 g/mol. The quantitative estimate of drug-likeness (QED) is 0.490. The van der Waals surface area contributed by atoms with Crippen LogP contribution in [0.5, 0.6) is 0 Å². The van der Waals surface area contributed by atoms with Crippen LogP contribution < -0.4 is 10.4 Å². The van der Waals surface area contributed by atoms with Crippen molar-refractivity contribution in [2.75, 3.05) is 13.1 Å². The molecule has 1 heterocycles. The maximum Gasteiger partial charge on any atom is 0.0957 e. The number of hydrogen-bond donors (Lipinski definition) is 1. The Hall–Kier alpha value is -1.34. The van der Waals surface area contributed by atoms with Crippen molar-refractivity contribution < 1.29 is 9.90 Å². The molecule has 0 aromatic carbocycles. The van der Waals surface area contributed by atoms with E-state index in [1.165, 1.54) is 6.08 Å². The highest BCUT2D eigenvalue weighted by molar-refractivity contribution is 5.71. The van der Waals surface area contributed by atoms with Gasteiger partial charge >= 0.3 is 0 Å². The van der Waals surface area contributed by atoms with E-state index in [4.69, 9.17) is 5.26 Å². The first-order valence-corrected chi connectivity index (χ1v) is 3.26. The Balaban J connectivity index is 2.72. The number of nitrogens with one attached hydrogen (secondary N) is 1. The lowest BCUT2D eigenvalue weighted by Crippen LogP contribution is -2.40. The van der Waals surface area contributed by atoms with Gasteiger partial charge in [0.2, 0.25) is 0 Å². The van der Waals surface area contributed by atoms with Crippen LogP contribution >= 0.6 is 0 Å². The molecule has 58 valence electrons. The smallest absolute Gasteiger partial charge is 0.0957 e. The number of aliphatic carboxylic acids is 1. The van der Waals surface area contributed by atoms with Crippen LogP contribution in [0.3, 0.4) is 0 Å². The number of rotatable bonds is 1. The molecule has 0 aromatic heterocycles. The molecule has 1 unspecified atom stereocenters. The Morgan fingerprint density at radius 1 is 1.91 bits per heavy atom. The Kier molecular flexibility index (Phi) is 2.24. The van der Waals surface area contributed by atoms with Gasteiger partial charge in [-0.15, -0.1) is 0 Å². The minimum absolute atomic E-state index is 0.355. The summed E-state index contributed by atoms with van der Waals surface area (Å²) < 4.78 is 0. The average Bonchev–Trinajstić information content (AvgIpc) is 2.05. The minimum atomic E-state index is -1.13. The van der Waals surface area contributed by atoms with Crippen LogP contribution in [-0.2, 0) is 4.79 Å². The predicted molar refractivity (Wildman–Crippen MR) is 35.1 cm³/mol. The lowest BCUT2D eigenvalue weighted by Gasteiger charge is -2.19. The van der Waals surface area contributed by atoms with Crippen molar-refractivity contribution in [1.82, 2.24) is 5.32 Å². The Morgan fingerprint density at radius 3 is 3.18 bits per heavy atom. The van der Waals surface area contributed by atoms with Gasteiger partial charge in [-0.1, -0.05) is 6.08 Å². The second-order valence-corrected chi connectivity index (χ2v) is 2.36. The van der Waals surface area contributed by atoms with Gasteiger partial charge in [0.15, 0.2) is 0 Å². The van der Waals surface area contributed by atoms with Crippen molar-refractivity contribution in [3.8, 4) is 6.07 Å². The molecule has 11 heavy (non-hydrogen) atoms. The molecule has 0 saturated carbocycles. The van der Waals surface area contributed by atoms with Gasteiger partial charge in [0.05, 0.1) is 6.07 Å². The lowest BCUT2D eigenvalue weighted by molar-refractivity contribution is -0.309. The van der Waals surface area contributed by atoms with E-state index in [1.807, 2.05) is 6.07 Å². The number of carbonyl (C=O) groups is 1. The van der Waals surface area contributed by atoms with Crippen LogP contribution in [0, 0.1) is 17.2 Å². The second kappa shape index (κ2) is 3.17. The normalized spacial score (nSPS) is 23.5. The van der Waals surface area contributed by atoms with Crippen LogP contribution in [0.2, 0.25) is 0 Å². The van der Waals surface area contributed by atoms with Gasteiger partial charge in [-0.05, 0) is 0 Å². The number of nitriles is 1. The third kappa shape index (κ3) is 1.79. The average molecular weight is 151 g/mol. The van der Waals surface area contributed by atoms with E-state index in [0.29, 0.717) is 18.7 Å². The van der Waals surface area contributed by atoms with Crippen LogP contribution in [0.25, 0.3) is 0 Å². The summed E-state index contributed by atoms with van der Waals surface area (Å²) in [6, 6.07) is 1.90. The summed E-state index contributed by atoms with van der Waals surface area (Å²) >= 11 is 0. The van der Waals surface area contributed by atoms with Crippen LogP contribution in [-0.4, -0.2) is 19.1 Å². The first-order chi connectivity index (χ1) is 5.24. The molecule has 4 nitrogen and oxygen atoms in total. The summed E-state index contributed by atoms with van der Waals surface area (Å²) in [7, 11) is 0. The van der Waals surface area contributed by atoms with E-state index in [9.17, 15) is 9.90 Å². The lowest BCUT2D eigenvalue weighted by atomic mass is 10.0. The van der Waals surface area contributed by atoms with Crippen LogP contribution in [0.15, 0.2) is 11.6 Å². The molecule has 4 heteroatoms. The zero-order chi connectivity index (χ0) is 8.27. The highest BCUT2D eigenvalue weighted by atomic mass is 16.4. The second-order valence-electron chi connectivity index (χ2n) is 2.36. The molecule has 1 aliphatic rings. The van der Waals surface area contributed by atoms with Gasteiger partial charge in [-0.25, -0.2) is 0 Å². The largest absolute Gasteiger partial charge is 0.549 e. The fourth-order valence-electron chi connectivity index (χ4n) is 0.951. The number of nitrogens with zero attached hydrogens (tertiary/aromatic N) is 1. The first-order valence-electron chi connectivity index (χ1n) is 3.26. The van der Waals surface area contributed by atoms with Crippen molar-refractivity contribution in [2.45, 2.75) is 0 Å². The molecule has 1 rings (SSSR count). The molecule has 0 amide bonds. The molecular formula is C7H7N2O2-. The summed E-state index contributed by atoms with van der Waals surface area (Å²) in [5, 5.41) is 21.5. The van der Waals surface area contributed by atoms with Crippen LogP contribution in [0.4, 0.5) is 0 Å². The summed E-state index contributed by atoms with van der Waals surface area (Å²) in [4.78, 5) is 10.3. The number of carbonyl (C=O) groups excluding carboxylic acids is 1. The highest BCUT2D eigenvalue weighted by Crippen LogP contribution is 2.05. The molecule has 0 aromatic rings. The molecule has 1 atom stereocenters. The number of carboxylic acid groups (broad SMARTS) is 1. The fourth-order valence-corrected chi connectivity index (χ4v) is 0.951. The zero-order valence-corrected chi connectivity index (χ0v) is 5.83. The van der Waals surface area contributed by atoms with Crippen molar-refractivity contribution in [2.24, 2.45) is 5.92 Å². The van der Waals surface area contributed by atoms with E-state index < -0.39 is 11.9 Å². The zero-order valence-electron chi connectivity index (χ0n) is 5.83. The number of hydrogen-bond acceptors (Lipinski definition) is 4. The standard InChI is InChI=1S/C7H8N2O2/c8-2-5-1-6(7(10)11)4-9-3-5/h1,6,9H,3-4H2,(H,10,11)/p-1. The third-order valence-electron chi connectivity index (χ3n) is 1.53. The van der Waals surface area contributed by atoms with Gasteiger partial charge in [-0.2, -0.15) is 5.26 Å². The molecule has 1 aliphatic heterocycles. The molecular weight excluding hydrogens is 144 g/mol. The van der Waals surface area contributed by atoms with Gasteiger partial charge in [-0.3, -0.25) is 0 Å². The topological polar surface area (TPSA) is 76.0 Å². The van der Waals surface area contributed by atoms with Crippen LogP contribution in [0.1, 0.15) is 0 Å². The minimum Gasteiger partial charge on any atom is -0.549 e. The van der Waals surface area contributed by atoms with E-state index in [2.05, 4.69) is 5.32 Å². The van der Waals surface area contributed by atoms with Crippen molar-refractivity contribution >= 4 is 5.97 Å². The van der Waals surface area contributed by atoms with E-state index in [0.717, 1.165) is 0 Å². The SMILES string of the molecule is N#CC1=CC(C(=O)[O-])CNC1.